The highest BCUT2D eigenvalue weighted by Gasteiger charge is 2.32. The van der Waals surface area contributed by atoms with Crippen molar-refractivity contribution < 1.29 is 21.6 Å². The Morgan fingerprint density at radius 3 is 2.42 bits per heavy atom. The summed E-state index contributed by atoms with van der Waals surface area (Å²) in [5.74, 6) is -0.462. The predicted octanol–water partition coefficient (Wildman–Crippen LogP) is 0.173. The molecule has 0 aromatic heterocycles. The largest absolute Gasteiger partial charge is 0.341 e. The van der Waals surface area contributed by atoms with Crippen LogP contribution in [-0.2, 0) is 31.1 Å². The molecule has 0 saturated carbocycles. The molecule has 1 amide bonds. The molecule has 1 saturated heterocycles. The summed E-state index contributed by atoms with van der Waals surface area (Å²) in [4.78, 5) is 13.5. The second-order valence-electron chi connectivity index (χ2n) is 5.88. The second-order valence-corrected chi connectivity index (χ2v) is 9.88. The minimum Gasteiger partial charge on any atom is -0.341 e. The van der Waals surface area contributed by atoms with Gasteiger partial charge in [-0.3, -0.25) is 4.79 Å². The van der Waals surface area contributed by atoms with Crippen LogP contribution in [-0.4, -0.2) is 58.8 Å². The van der Waals surface area contributed by atoms with Gasteiger partial charge in [-0.05, 0) is 30.5 Å². The van der Waals surface area contributed by atoms with Crippen LogP contribution in [0.1, 0.15) is 18.9 Å². The van der Waals surface area contributed by atoms with E-state index in [9.17, 15) is 21.6 Å². The third-order valence-corrected chi connectivity index (χ3v) is 7.37. The molecule has 24 heavy (non-hydrogen) atoms. The Morgan fingerprint density at radius 1 is 1.29 bits per heavy atom. The summed E-state index contributed by atoms with van der Waals surface area (Å²) in [5.41, 5.74) is 1.02. The SMILES string of the molecule is CCc1ccc(S(=O)(=O)NCC(=O)N(C)C2CCS(=O)(=O)C2)cc1. The number of sulfonamides is 1. The molecule has 2 rings (SSSR count). The maximum atomic E-state index is 12.2. The van der Waals surface area contributed by atoms with Crippen molar-refractivity contribution in [2.24, 2.45) is 0 Å². The van der Waals surface area contributed by atoms with Gasteiger partial charge >= 0.3 is 0 Å². The van der Waals surface area contributed by atoms with Gasteiger partial charge in [-0.15, -0.1) is 0 Å². The third-order valence-electron chi connectivity index (χ3n) is 4.20. The number of sulfone groups is 1. The molecule has 1 N–H and O–H groups in total. The van der Waals surface area contributed by atoms with Crippen molar-refractivity contribution in [3.8, 4) is 0 Å². The van der Waals surface area contributed by atoms with E-state index in [-0.39, 0.29) is 16.4 Å². The molecule has 0 spiro atoms. The van der Waals surface area contributed by atoms with E-state index in [1.807, 2.05) is 6.92 Å². The Kier molecular flexibility index (Phi) is 5.67. The van der Waals surface area contributed by atoms with E-state index in [1.165, 1.54) is 24.1 Å². The number of nitrogens with zero attached hydrogens (tertiary/aromatic N) is 1. The number of benzene rings is 1. The maximum Gasteiger partial charge on any atom is 0.241 e. The van der Waals surface area contributed by atoms with Gasteiger partial charge in [-0.1, -0.05) is 19.1 Å². The highest BCUT2D eigenvalue weighted by molar-refractivity contribution is 7.91. The smallest absolute Gasteiger partial charge is 0.241 e. The normalized spacial score (nSPS) is 20.0. The summed E-state index contributed by atoms with van der Waals surface area (Å²) in [5, 5.41) is 0. The van der Waals surface area contributed by atoms with E-state index in [4.69, 9.17) is 0 Å². The second kappa shape index (κ2) is 7.20. The molecule has 1 aromatic rings. The van der Waals surface area contributed by atoms with Crippen LogP contribution in [0.15, 0.2) is 29.2 Å². The van der Waals surface area contributed by atoms with Gasteiger partial charge in [-0.2, -0.15) is 0 Å². The highest BCUT2D eigenvalue weighted by Crippen LogP contribution is 2.16. The first-order chi connectivity index (χ1) is 11.1. The van der Waals surface area contributed by atoms with Crippen LogP contribution in [0.3, 0.4) is 0 Å². The minimum absolute atomic E-state index is 0.0603. The summed E-state index contributed by atoms with van der Waals surface area (Å²) in [7, 11) is -5.38. The van der Waals surface area contributed by atoms with Crippen molar-refractivity contribution in [1.82, 2.24) is 9.62 Å². The van der Waals surface area contributed by atoms with Crippen molar-refractivity contribution in [2.45, 2.75) is 30.7 Å². The van der Waals surface area contributed by atoms with E-state index in [0.717, 1.165) is 12.0 Å². The number of carbonyl (C=O) groups excluding carboxylic acids is 1. The van der Waals surface area contributed by atoms with Gasteiger partial charge < -0.3 is 4.90 Å². The first kappa shape index (κ1) is 18.9. The Morgan fingerprint density at radius 2 is 1.92 bits per heavy atom. The summed E-state index contributed by atoms with van der Waals surface area (Å²) in [6.07, 6.45) is 1.19. The molecular formula is C15H22N2O5S2. The van der Waals surface area contributed by atoms with Crippen molar-refractivity contribution >= 4 is 25.8 Å². The molecule has 7 nitrogen and oxygen atoms in total. The molecule has 1 aliphatic heterocycles. The number of carbonyl (C=O) groups is 1. The number of rotatable bonds is 6. The Hall–Kier alpha value is -1.45. The van der Waals surface area contributed by atoms with E-state index in [0.29, 0.717) is 6.42 Å². The van der Waals surface area contributed by atoms with Crippen molar-refractivity contribution in [1.29, 1.82) is 0 Å². The first-order valence-corrected chi connectivity index (χ1v) is 11.0. The lowest BCUT2D eigenvalue weighted by Gasteiger charge is -2.23. The zero-order valence-electron chi connectivity index (χ0n) is 13.7. The molecule has 1 heterocycles. The molecule has 1 fully saturated rings. The predicted molar refractivity (Wildman–Crippen MR) is 90.8 cm³/mol. The fraction of sp³-hybridized carbons (Fsp3) is 0.533. The van der Waals surface area contributed by atoms with Gasteiger partial charge in [0.05, 0.1) is 22.9 Å². The Bertz CT molecular complexity index is 801. The summed E-state index contributed by atoms with van der Waals surface area (Å²) >= 11 is 0. The molecule has 134 valence electrons. The average molecular weight is 374 g/mol. The van der Waals surface area contributed by atoms with Crippen LogP contribution in [0, 0.1) is 0 Å². The minimum atomic E-state index is -3.78. The number of likely N-dealkylation sites (N-methyl/N-ethyl adjacent to an activating group) is 1. The monoisotopic (exact) mass is 374 g/mol. The van der Waals surface area contributed by atoms with E-state index in [2.05, 4.69) is 4.72 Å². The number of nitrogens with one attached hydrogen (secondary N) is 1. The van der Waals surface area contributed by atoms with Gasteiger partial charge in [0.1, 0.15) is 0 Å². The number of hydrogen-bond donors (Lipinski definition) is 1. The molecular weight excluding hydrogens is 352 g/mol. The average Bonchev–Trinajstić information content (AvgIpc) is 2.92. The third kappa shape index (κ3) is 4.55. The number of aryl methyl sites for hydroxylation is 1. The van der Waals surface area contributed by atoms with Crippen molar-refractivity contribution in [3.63, 3.8) is 0 Å². The van der Waals surface area contributed by atoms with E-state index >= 15 is 0 Å². The fourth-order valence-electron chi connectivity index (χ4n) is 2.55. The lowest BCUT2D eigenvalue weighted by Crippen LogP contribution is -2.43. The van der Waals surface area contributed by atoms with E-state index in [1.54, 1.807) is 12.1 Å². The maximum absolute atomic E-state index is 12.2. The topological polar surface area (TPSA) is 101 Å². The first-order valence-electron chi connectivity index (χ1n) is 7.69. The molecule has 0 bridgehead atoms. The van der Waals surface area contributed by atoms with Crippen LogP contribution < -0.4 is 4.72 Å². The van der Waals surface area contributed by atoms with Crippen LogP contribution in [0.4, 0.5) is 0 Å². The molecule has 0 radical (unpaired) electrons. The van der Waals surface area contributed by atoms with Gasteiger partial charge in [0, 0.05) is 13.1 Å². The molecule has 1 unspecified atom stereocenters. The Balaban J connectivity index is 1.97. The number of amides is 1. The molecule has 9 heteroatoms. The van der Waals surface area contributed by atoms with Crippen LogP contribution >= 0.6 is 0 Å². The molecule has 1 aliphatic rings. The quantitative estimate of drug-likeness (QED) is 0.765. The summed E-state index contributed by atoms with van der Waals surface area (Å²) < 4.78 is 49.6. The lowest BCUT2D eigenvalue weighted by molar-refractivity contribution is -0.130. The van der Waals surface area contributed by atoms with Gasteiger partial charge in [-0.25, -0.2) is 21.6 Å². The molecule has 1 atom stereocenters. The van der Waals surface area contributed by atoms with Crippen LogP contribution in [0.25, 0.3) is 0 Å². The van der Waals surface area contributed by atoms with Crippen LogP contribution in [0.5, 0.6) is 0 Å². The standard InChI is InChI=1S/C15H22N2O5S2/c1-3-12-4-6-14(7-5-12)24(21,22)16-10-15(18)17(2)13-8-9-23(19,20)11-13/h4-7,13,16H,3,8-11H2,1-2H3. The Labute approximate surface area is 143 Å². The van der Waals surface area contributed by atoms with Crippen molar-refractivity contribution in [2.75, 3.05) is 25.1 Å². The lowest BCUT2D eigenvalue weighted by atomic mass is 10.2. The van der Waals surface area contributed by atoms with Gasteiger partial charge in [0.2, 0.25) is 15.9 Å². The van der Waals surface area contributed by atoms with Gasteiger partial charge in [0.25, 0.3) is 0 Å². The fourth-order valence-corrected chi connectivity index (χ4v) is 5.30. The molecule has 1 aromatic carbocycles. The van der Waals surface area contributed by atoms with Crippen LogP contribution in [0.2, 0.25) is 0 Å². The zero-order valence-corrected chi connectivity index (χ0v) is 15.4. The molecule has 0 aliphatic carbocycles. The van der Waals surface area contributed by atoms with Gasteiger partial charge in [0.15, 0.2) is 9.84 Å². The highest BCUT2D eigenvalue weighted by atomic mass is 32.2. The summed E-state index contributed by atoms with van der Waals surface area (Å²) in [6, 6.07) is 6.06. The zero-order chi connectivity index (χ0) is 18.0. The van der Waals surface area contributed by atoms with Crippen molar-refractivity contribution in [3.05, 3.63) is 29.8 Å². The summed E-state index contributed by atoms with van der Waals surface area (Å²) in [6.45, 7) is 1.57. The number of hydrogen-bond acceptors (Lipinski definition) is 5. The van der Waals surface area contributed by atoms with E-state index < -0.39 is 38.4 Å².